The van der Waals surface area contributed by atoms with Gasteiger partial charge in [0.1, 0.15) is 11.9 Å². The Bertz CT molecular complexity index is 743. The standard InChI is InChI=1S/C20H28N2O2/c1-4-15-12-21-20(23)18-6-5-17(11-19(15)18)24-16-7-9-22(10-8-16)13-14(2)3/h5-6,11-12,14,16H,4,7-10,13H2,1-3H3,(H,21,23). The van der Waals surface area contributed by atoms with E-state index in [1.807, 2.05) is 24.4 Å². The average Bonchev–Trinajstić information content (AvgIpc) is 2.57. The Morgan fingerprint density at radius 2 is 2.00 bits per heavy atom. The fraction of sp³-hybridized carbons (Fsp3) is 0.550. The topological polar surface area (TPSA) is 45.3 Å². The van der Waals surface area contributed by atoms with E-state index in [0.29, 0.717) is 5.92 Å². The molecule has 2 aromatic rings. The van der Waals surface area contributed by atoms with Gasteiger partial charge in [-0.15, -0.1) is 0 Å². The molecule has 3 rings (SSSR count). The van der Waals surface area contributed by atoms with E-state index >= 15 is 0 Å². The van der Waals surface area contributed by atoms with Crippen LogP contribution in [-0.4, -0.2) is 35.6 Å². The van der Waals surface area contributed by atoms with Crippen LogP contribution in [0.1, 0.15) is 39.2 Å². The van der Waals surface area contributed by atoms with Crippen molar-refractivity contribution in [3.05, 3.63) is 40.3 Å². The number of aromatic nitrogens is 1. The number of ether oxygens (including phenoxy) is 1. The summed E-state index contributed by atoms with van der Waals surface area (Å²) >= 11 is 0. The summed E-state index contributed by atoms with van der Waals surface area (Å²) in [5.41, 5.74) is 1.12. The minimum Gasteiger partial charge on any atom is -0.490 e. The lowest BCUT2D eigenvalue weighted by molar-refractivity contribution is 0.0942. The summed E-state index contributed by atoms with van der Waals surface area (Å²) in [7, 11) is 0. The fourth-order valence-corrected chi connectivity index (χ4v) is 3.58. The molecule has 1 fully saturated rings. The largest absolute Gasteiger partial charge is 0.490 e. The third-order valence-electron chi connectivity index (χ3n) is 4.80. The highest BCUT2D eigenvalue weighted by atomic mass is 16.5. The molecule has 0 saturated carbocycles. The summed E-state index contributed by atoms with van der Waals surface area (Å²) < 4.78 is 6.22. The van der Waals surface area contributed by atoms with Gasteiger partial charge in [-0.2, -0.15) is 0 Å². The number of aryl methyl sites for hydroxylation is 1. The van der Waals surface area contributed by atoms with E-state index < -0.39 is 0 Å². The lowest BCUT2D eigenvalue weighted by Crippen LogP contribution is -2.39. The zero-order valence-corrected chi connectivity index (χ0v) is 15.0. The summed E-state index contributed by atoms with van der Waals surface area (Å²) in [5.74, 6) is 1.60. The SMILES string of the molecule is CCc1c[nH]c(=O)c2ccc(OC3CCN(CC(C)C)CC3)cc12. The smallest absolute Gasteiger partial charge is 0.255 e. The number of H-pyrrole nitrogens is 1. The van der Waals surface area contributed by atoms with Crippen LogP contribution in [-0.2, 0) is 6.42 Å². The lowest BCUT2D eigenvalue weighted by Gasteiger charge is -2.33. The first-order valence-electron chi connectivity index (χ1n) is 9.10. The van der Waals surface area contributed by atoms with Crippen LogP contribution in [0.3, 0.4) is 0 Å². The molecule has 130 valence electrons. The Balaban J connectivity index is 1.71. The van der Waals surface area contributed by atoms with Gasteiger partial charge < -0.3 is 14.6 Å². The van der Waals surface area contributed by atoms with Crippen molar-refractivity contribution in [2.75, 3.05) is 19.6 Å². The molecule has 1 aliphatic rings. The fourth-order valence-electron chi connectivity index (χ4n) is 3.58. The van der Waals surface area contributed by atoms with Crippen LogP contribution in [0.25, 0.3) is 10.8 Å². The van der Waals surface area contributed by atoms with Crippen molar-refractivity contribution in [1.29, 1.82) is 0 Å². The molecule has 1 aliphatic heterocycles. The van der Waals surface area contributed by atoms with Gasteiger partial charge in [0, 0.05) is 31.2 Å². The summed E-state index contributed by atoms with van der Waals surface area (Å²) in [5, 5.41) is 1.75. The Morgan fingerprint density at radius 1 is 1.25 bits per heavy atom. The minimum absolute atomic E-state index is 0.0317. The van der Waals surface area contributed by atoms with Gasteiger partial charge in [0.05, 0.1) is 0 Å². The second kappa shape index (κ2) is 7.39. The Morgan fingerprint density at radius 3 is 2.67 bits per heavy atom. The van der Waals surface area contributed by atoms with Gasteiger partial charge in [0.25, 0.3) is 5.56 Å². The van der Waals surface area contributed by atoms with Crippen molar-refractivity contribution in [3.8, 4) is 5.75 Å². The molecular weight excluding hydrogens is 300 g/mol. The van der Waals surface area contributed by atoms with Crippen LogP contribution in [0, 0.1) is 5.92 Å². The number of aromatic amines is 1. The molecule has 0 amide bonds. The number of pyridine rings is 1. The maximum Gasteiger partial charge on any atom is 0.255 e. The Labute approximate surface area is 143 Å². The Kier molecular flexibility index (Phi) is 5.24. The first kappa shape index (κ1) is 17.0. The van der Waals surface area contributed by atoms with E-state index in [2.05, 4.69) is 30.7 Å². The van der Waals surface area contributed by atoms with Gasteiger partial charge in [0.15, 0.2) is 0 Å². The van der Waals surface area contributed by atoms with Crippen LogP contribution < -0.4 is 10.3 Å². The van der Waals surface area contributed by atoms with Gasteiger partial charge in [-0.25, -0.2) is 0 Å². The first-order chi connectivity index (χ1) is 11.6. The van der Waals surface area contributed by atoms with Gasteiger partial charge in [-0.1, -0.05) is 20.8 Å². The number of rotatable bonds is 5. The number of likely N-dealkylation sites (tertiary alicyclic amines) is 1. The van der Waals surface area contributed by atoms with Crippen molar-refractivity contribution >= 4 is 10.8 Å². The molecule has 0 bridgehead atoms. The number of piperidine rings is 1. The van der Waals surface area contributed by atoms with E-state index in [1.54, 1.807) is 0 Å². The van der Waals surface area contributed by atoms with Gasteiger partial charge in [-0.05, 0) is 54.3 Å². The molecule has 4 heteroatoms. The zero-order valence-electron chi connectivity index (χ0n) is 15.0. The predicted octanol–water partition coefficient (Wildman–Crippen LogP) is 3.59. The molecule has 24 heavy (non-hydrogen) atoms. The normalized spacial score (nSPS) is 16.8. The quantitative estimate of drug-likeness (QED) is 0.912. The number of fused-ring (bicyclic) bond motifs is 1. The molecular formula is C20H28N2O2. The molecule has 1 saturated heterocycles. The van der Waals surface area contributed by atoms with Crippen LogP contribution >= 0.6 is 0 Å². The van der Waals surface area contributed by atoms with Crippen molar-refractivity contribution in [2.45, 2.75) is 46.1 Å². The second-order valence-electron chi connectivity index (χ2n) is 7.22. The molecule has 1 N–H and O–H groups in total. The van der Waals surface area contributed by atoms with Gasteiger partial charge >= 0.3 is 0 Å². The molecule has 0 spiro atoms. The van der Waals surface area contributed by atoms with E-state index in [-0.39, 0.29) is 11.7 Å². The lowest BCUT2D eigenvalue weighted by atomic mass is 10.0. The van der Waals surface area contributed by atoms with E-state index in [0.717, 1.165) is 54.4 Å². The monoisotopic (exact) mass is 328 g/mol. The summed E-state index contributed by atoms with van der Waals surface area (Å²) in [6, 6.07) is 5.85. The molecule has 4 nitrogen and oxygen atoms in total. The van der Waals surface area contributed by atoms with Gasteiger partial charge in [-0.3, -0.25) is 4.79 Å². The second-order valence-corrected chi connectivity index (χ2v) is 7.22. The Hall–Kier alpha value is -1.81. The number of nitrogens with one attached hydrogen (secondary N) is 1. The summed E-state index contributed by atoms with van der Waals surface area (Å²) in [4.78, 5) is 17.3. The van der Waals surface area contributed by atoms with E-state index in [9.17, 15) is 4.79 Å². The van der Waals surface area contributed by atoms with Gasteiger partial charge in [0.2, 0.25) is 0 Å². The van der Waals surface area contributed by atoms with Crippen LogP contribution in [0.15, 0.2) is 29.2 Å². The molecule has 0 atom stereocenters. The van der Waals surface area contributed by atoms with Crippen molar-refractivity contribution in [1.82, 2.24) is 9.88 Å². The molecule has 1 aromatic carbocycles. The molecule has 2 heterocycles. The number of hydrogen-bond acceptors (Lipinski definition) is 3. The number of nitrogens with zero attached hydrogens (tertiary/aromatic N) is 1. The minimum atomic E-state index is -0.0317. The number of hydrogen-bond donors (Lipinski definition) is 1. The molecule has 1 aromatic heterocycles. The highest BCUT2D eigenvalue weighted by Crippen LogP contribution is 2.25. The maximum atomic E-state index is 12.0. The van der Waals surface area contributed by atoms with Crippen molar-refractivity contribution < 1.29 is 4.74 Å². The summed E-state index contributed by atoms with van der Waals surface area (Å²) in [6.07, 6.45) is 5.13. The molecule has 0 aliphatic carbocycles. The predicted molar refractivity (Wildman–Crippen MR) is 98.9 cm³/mol. The van der Waals surface area contributed by atoms with Crippen LogP contribution in [0.4, 0.5) is 0 Å². The van der Waals surface area contributed by atoms with Crippen molar-refractivity contribution in [2.24, 2.45) is 5.92 Å². The zero-order chi connectivity index (χ0) is 17.1. The highest BCUT2D eigenvalue weighted by Gasteiger charge is 2.21. The van der Waals surface area contributed by atoms with Crippen LogP contribution in [0.5, 0.6) is 5.75 Å². The van der Waals surface area contributed by atoms with E-state index in [4.69, 9.17) is 4.74 Å². The third-order valence-corrected chi connectivity index (χ3v) is 4.80. The average molecular weight is 328 g/mol. The first-order valence-corrected chi connectivity index (χ1v) is 9.10. The maximum absolute atomic E-state index is 12.0. The van der Waals surface area contributed by atoms with Crippen molar-refractivity contribution in [3.63, 3.8) is 0 Å². The van der Waals surface area contributed by atoms with E-state index in [1.165, 1.54) is 6.54 Å². The molecule has 0 radical (unpaired) electrons. The van der Waals surface area contributed by atoms with Crippen LogP contribution in [0.2, 0.25) is 0 Å². The highest BCUT2D eigenvalue weighted by molar-refractivity contribution is 5.85. The summed E-state index contributed by atoms with van der Waals surface area (Å²) in [6.45, 7) is 10.0. The third kappa shape index (κ3) is 3.81. The molecule has 0 unspecified atom stereocenters. The number of benzene rings is 1.